The Kier molecular flexibility index (Phi) is 7.20. The van der Waals surface area contributed by atoms with Crippen LogP contribution in [0.25, 0.3) is 0 Å². The Morgan fingerprint density at radius 2 is 1.82 bits per heavy atom. The van der Waals surface area contributed by atoms with Crippen LogP contribution in [0, 0.1) is 6.92 Å². The molecule has 0 heterocycles. The third-order valence-corrected chi connectivity index (χ3v) is 6.20. The van der Waals surface area contributed by atoms with Crippen molar-refractivity contribution in [1.29, 1.82) is 0 Å². The minimum absolute atomic E-state index is 0.230. The van der Waals surface area contributed by atoms with E-state index in [1.165, 1.54) is 29.1 Å². The van der Waals surface area contributed by atoms with Gasteiger partial charge in [0.2, 0.25) is 0 Å². The summed E-state index contributed by atoms with van der Waals surface area (Å²) in [5.74, 6) is 2.43. The van der Waals surface area contributed by atoms with E-state index in [0.717, 1.165) is 10.7 Å². The molecule has 0 unspecified atom stereocenters. The molecule has 1 rings (SSSR count). The third kappa shape index (κ3) is 4.00. The Hall–Kier alpha value is 0.530. The predicted molar refractivity (Wildman–Crippen MR) is 88.1 cm³/mol. The number of rotatable bonds is 7. The van der Waals surface area contributed by atoms with Gasteiger partial charge in [0.25, 0.3) is 0 Å². The fourth-order valence-electron chi connectivity index (χ4n) is 2.03. The normalized spacial score (nSPS) is 11.8. The molecule has 0 N–H and O–H groups in total. The maximum absolute atomic E-state index is 3.72. The van der Waals surface area contributed by atoms with E-state index in [1.54, 1.807) is 0 Å². The lowest BCUT2D eigenvalue weighted by Gasteiger charge is -2.32. The van der Waals surface area contributed by atoms with Crippen LogP contribution in [-0.4, -0.2) is 22.2 Å². The summed E-state index contributed by atoms with van der Waals surface area (Å²) in [5.41, 5.74) is 3.10. The molecule has 0 bridgehead atoms. The lowest BCUT2D eigenvalue weighted by Crippen LogP contribution is -2.32. The molecule has 0 aliphatic carbocycles. The van der Waals surface area contributed by atoms with E-state index in [4.69, 9.17) is 0 Å². The number of aryl methyl sites for hydroxylation is 1. The SMILES string of the molecule is CCSCCC(CBr)(CBr)c1ccccc1C. The van der Waals surface area contributed by atoms with E-state index in [9.17, 15) is 0 Å². The molecule has 0 aromatic heterocycles. The van der Waals surface area contributed by atoms with Gasteiger partial charge in [-0.05, 0) is 36.0 Å². The molecule has 0 radical (unpaired) electrons. The first-order valence-corrected chi connectivity index (χ1v) is 9.35. The van der Waals surface area contributed by atoms with Crippen molar-refractivity contribution >= 4 is 43.6 Å². The van der Waals surface area contributed by atoms with Crippen molar-refractivity contribution in [2.45, 2.75) is 25.7 Å². The van der Waals surface area contributed by atoms with Gasteiger partial charge in [0.15, 0.2) is 0 Å². The molecule has 3 heteroatoms. The molecular weight excluding hydrogens is 360 g/mol. The van der Waals surface area contributed by atoms with Crippen LogP contribution >= 0.6 is 43.6 Å². The first-order valence-electron chi connectivity index (χ1n) is 5.96. The Bertz CT molecular complexity index is 335. The summed E-state index contributed by atoms with van der Waals surface area (Å²) in [7, 11) is 0. The van der Waals surface area contributed by atoms with Crippen molar-refractivity contribution in [2.75, 3.05) is 22.2 Å². The molecule has 0 atom stereocenters. The third-order valence-electron chi connectivity index (χ3n) is 3.16. The molecule has 0 aliphatic heterocycles. The molecule has 0 aliphatic rings. The number of hydrogen-bond acceptors (Lipinski definition) is 1. The highest BCUT2D eigenvalue weighted by Crippen LogP contribution is 2.35. The Balaban J connectivity index is 2.94. The maximum atomic E-state index is 3.72. The van der Waals surface area contributed by atoms with Gasteiger partial charge in [0.05, 0.1) is 0 Å². The van der Waals surface area contributed by atoms with E-state index in [2.05, 4.69) is 70.0 Å². The Morgan fingerprint density at radius 1 is 1.18 bits per heavy atom. The van der Waals surface area contributed by atoms with Gasteiger partial charge in [-0.15, -0.1) is 0 Å². The van der Waals surface area contributed by atoms with Gasteiger partial charge in [-0.3, -0.25) is 0 Å². The highest BCUT2D eigenvalue weighted by Gasteiger charge is 2.30. The zero-order chi connectivity index (χ0) is 12.7. The molecule has 0 nitrogen and oxygen atoms in total. The lowest BCUT2D eigenvalue weighted by molar-refractivity contribution is 0.535. The molecule has 0 saturated heterocycles. The van der Waals surface area contributed by atoms with Crippen molar-refractivity contribution in [3.8, 4) is 0 Å². The molecule has 0 amide bonds. The van der Waals surface area contributed by atoms with Gasteiger partial charge in [0.1, 0.15) is 0 Å². The minimum Gasteiger partial charge on any atom is -0.162 e. The molecule has 1 aromatic rings. The fraction of sp³-hybridized carbons (Fsp3) is 0.571. The maximum Gasteiger partial charge on any atom is 0.0157 e. The number of hydrogen-bond donors (Lipinski definition) is 0. The van der Waals surface area contributed by atoms with E-state index >= 15 is 0 Å². The van der Waals surface area contributed by atoms with Gasteiger partial charge in [-0.25, -0.2) is 0 Å². The van der Waals surface area contributed by atoms with Crippen LogP contribution in [0.4, 0.5) is 0 Å². The van der Waals surface area contributed by atoms with Gasteiger partial charge >= 0.3 is 0 Å². The summed E-state index contributed by atoms with van der Waals surface area (Å²) in [5, 5.41) is 2.03. The molecule has 0 saturated carbocycles. The van der Waals surface area contributed by atoms with E-state index in [-0.39, 0.29) is 5.41 Å². The van der Waals surface area contributed by atoms with Crippen LogP contribution in [0.5, 0.6) is 0 Å². The summed E-state index contributed by atoms with van der Waals surface area (Å²) < 4.78 is 0. The molecular formula is C14H20Br2S. The summed E-state index contributed by atoms with van der Waals surface area (Å²) >= 11 is 9.46. The highest BCUT2D eigenvalue weighted by atomic mass is 79.9. The summed E-state index contributed by atoms with van der Waals surface area (Å²) in [6.45, 7) is 4.44. The zero-order valence-corrected chi connectivity index (χ0v) is 14.5. The second-order valence-corrected chi connectivity index (χ2v) is 6.82. The van der Waals surface area contributed by atoms with Crippen LogP contribution in [0.3, 0.4) is 0 Å². The van der Waals surface area contributed by atoms with Crippen molar-refractivity contribution < 1.29 is 0 Å². The van der Waals surface area contributed by atoms with Crippen LogP contribution in [-0.2, 0) is 5.41 Å². The van der Waals surface area contributed by atoms with Crippen molar-refractivity contribution in [2.24, 2.45) is 0 Å². The number of alkyl halides is 2. The zero-order valence-electron chi connectivity index (χ0n) is 10.5. The summed E-state index contributed by atoms with van der Waals surface area (Å²) in [4.78, 5) is 0. The van der Waals surface area contributed by atoms with Crippen molar-refractivity contribution in [3.05, 3.63) is 35.4 Å². The number of halogens is 2. The first kappa shape index (κ1) is 15.6. The van der Waals surface area contributed by atoms with Gasteiger partial charge in [0, 0.05) is 16.1 Å². The van der Waals surface area contributed by atoms with Crippen LogP contribution in [0.2, 0.25) is 0 Å². The first-order chi connectivity index (χ1) is 8.20. The van der Waals surface area contributed by atoms with Gasteiger partial charge in [-0.1, -0.05) is 63.0 Å². The highest BCUT2D eigenvalue weighted by molar-refractivity contribution is 9.09. The monoisotopic (exact) mass is 378 g/mol. The topological polar surface area (TPSA) is 0 Å². The standard InChI is InChI=1S/C14H20Br2S/c1-3-17-9-8-14(10-15,11-16)13-7-5-4-6-12(13)2/h4-7H,3,8-11H2,1-2H3. The van der Waals surface area contributed by atoms with Crippen LogP contribution < -0.4 is 0 Å². The number of benzene rings is 1. The second-order valence-electron chi connectivity index (χ2n) is 4.31. The van der Waals surface area contributed by atoms with Crippen molar-refractivity contribution in [3.63, 3.8) is 0 Å². The molecule has 0 fully saturated rings. The smallest absolute Gasteiger partial charge is 0.0157 e. The van der Waals surface area contributed by atoms with Crippen LogP contribution in [0.15, 0.2) is 24.3 Å². The Labute approximate surface area is 126 Å². The average Bonchev–Trinajstić information content (AvgIpc) is 2.36. The molecule has 1 aromatic carbocycles. The number of thioether (sulfide) groups is 1. The largest absolute Gasteiger partial charge is 0.162 e. The van der Waals surface area contributed by atoms with E-state index in [0.29, 0.717) is 0 Å². The molecule has 96 valence electrons. The lowest BCUT2D eigenvalue weighted by atomic mass is 9.80. The summed E-state index contributed by atoms with van der Waals surface area (Å²) in [6.07, 6.45) is 1.22. The molecule has 17 heavy (non-hydrogen) atoms. The van der Waals surface area contributed by atoms with Crippen molar-refractivity contribution in [1.82, 2.24) is 0 Å². The van der Waals surface area contributed by atoms with Gasteiger partial charge in [-0.2, -0.15) is 11.8 Å². The quantitative estimate of drug-likeness (QED) is 0.465. The average molecular weight is 380 g/mol. The molecule has 0 spiro atoms. The van der Waals surface area contributed by atoms with Crippen LogP contribution in [0.1, 0.15) is 24.5 Å². The Morgan fingerprint density at radius 3 is 2.35 bits per heavy atom. The minimum atomic E-state index is 0.230. The summed E-state index contributed by atoms with van der Waals surface area (Å²) in [6, 6.07) is 8.75. The second kappa shape index (κ2) is 7.85. The van der Waals surface area contributed by atoms with E-state index in [1.807, 2.05) is 11.8 Å². The van der Waals surface area contributed by atoms with Gasteiger partial charge < -0.3 is 0 Å². The van der Waals surface area contributed by atoms with E-state index < -0.39 is 0 Å². The predicted octanol–water partition coefficient (Wildman–Crippen LogP) is 5.17. The fourth-order valence-corrected chi connectivity index (χ4v) is 4.94.